The van der Waals surface area contributed by atoms with Crippen molar-refractivity contribution in [2.24, 2.45) is 5.73 Å². The highest BCUT2D eigenvalue weighted by molar-refractivity contribution is 5.72. The molecule has 0 bridgehead atoms. The average Bonchev–Trinajstić information content (AvgIpc) is 2.20. The van der Waals surface area contributed by atoms with Gasteiger partial charge < -0.3 is 10.8 Å². The van der Waals surface area contributed by atoms with Gasteiger partial charge in [-0.3, -0.25) is 4.79 Å². The minimum Gasteiger partial charge on any atom is -0.480 e. The number of aliphatic carboxylic acids is 1. The third-order valence-corrected chi connectivity index (χ3v) is 2.21. The van der Waals surface area contributed by atoms with E-state index in [9.17, 15) is 9.18 Å². The third kappa shape index (κ3) is 4.08. The molecule has 0 saturated carbocycles. The first-order valence-corrected chi connectivity index (χ1v) is 4.82. The van der Waals surface area contributed by atoms with Crippen molar-refractivity contribution in [3.05, 3.63) is 35.6 Å². The number of aryl methyl sites for hydroxylation is 1. The summed E-state index contributed by atoms with van der Waals surface area (Å²) in [6, 6.07) is 5.38. The van der Waals surface area contributed by atoms with Crippen LogP contribution in [0.25, 0.3) is 0 Å². The van der Waals surface area contributed by atoms with Crippen LogP contribution in [-0.2, 0) is 11.2 Å². The van der Waals surface area contributed by atoms with Crippen LogP contribution in [0, 0.1) is 5.82 Å². The van der Waals surface area contributed by atoms with E-state index in [1.54, 1.807) is 12.1 Å². The zero-order chi connectivity index (χ0) is 11.3. The summed E-state index contributed by atoms with van der Waals surface area (Å²) in [6.45, 7) is 0. The number of hydrogen-bond acceptors (Lipinski definition) is 2. The molecule has 0 saturated heterocycles. The van der Waals surface area contributed by atoms with Crippen LogP contribution >= 0.6 is 0 Å². The Hall–Kier alpha value is -1.42. The molecule has 0 aliphatic heterocycles. The zero-order valence-corrected chi connectivity index (χ0v) is 8.32. The van der Waals surface area contributed by atoms with Crippen molar-refractivity contribution in [2.45, 2.75) is 25.3 Å². The minimum absolute atomic E-state index is 0.263. The Morgan fingerprint density at radius 3 is 2.53 bits per heavy atom. The van der Waals surface area contributed by atoms with Gasteiger partial charge >= 0.3 is 5.97 Å². The molecule has 0 fully saturated rings. The highest BCUT2D eigenvalue weighted by Gasteiger charge is 2.10. The van der Waals surface area contributed by atoms with E-state index >= 15 is 0 Å². The maximum atomic E-state index is 12.5. The molecule has 15 heavy (non-hydrogen) atoms. The van der Waals surface area contributed by atoms with Crippen LogP contribution in [0.15, 0.2) is 24.3 Å². The largest absolute Gasteiger partial charge is 0.480 e. The Labute approximate surface area is 87.7 Å². The SMILES string of the molecule is N[C@@H](CCCc1ccc(F)cc1)C(=O)O. The van der Waals surface area contributed by atoms with Gasteiger partial charge in [-0.1, -0.05) is 12.1 Å². The molecule has 0 aliphatic carbocycles. The topological polar surface area (TPSA) is 63.3 Å². The van der Waals surface area contributed by atoms with Crippen molar-refractivity contribution >= 4 is 5.97 Å². The number of carbonyl (C=O) groups is 1. The van der Waals surface area contributed by atoms with Gasteiger partial charge in [0.05, 0.1) is 0 Å². The Morgan fingerprint density at radius 2 is 2.00 bits per heavy atom. The molecule has 0 aromatic heterocycles. The third-order valence-electron chi connectivity index (χ3n) is 2.21. The van der Waals surface area contributed by atoms with E-state index in [4.69, 9.17) is 10.8 Å². The summed E-state index contributed by atoms with van der Waals surface area (Å²) in [5.74, 6) is -1.24. The molecule has 3 N–H and O–H groups in total. The lowest BCUT2D eigenvalue weighted by Gasteiger charge is -2.05. The fourth-order valence-corrected chi connectivity index (χ4v) is 1.30. The fourth-order valence-electron chi connectivity index (χ4n) is 1.30. The molecule has 0 unspecified atom stereocenters. The van der Waals surface area contributed by atoms with E-state index in [-0.39, 0.29) is 5.82 Å². The maximum absolute atomic E-state index is 12.5. The molecule has 82 valence electrons. The summed E-state index contributed by atoms with van der Waals surface area (Å²) in [5, 5.41) is 8.54. The van der Waals surface area contributed by atoms with E-state index in [2.05, 4.69) is 0 Å². The highest BCUT2D eigenvalue weighted by Crippen LogP contribution is 2.07. The average molecular weight is 211 g/mol. The number of hydrogen-bond donors (Lipinski definition) is 2. The number of halogens is 1. The van der Waals surface area contributed by atoms with E-state index in [0.717, 1.165) is 12.0 Å². The standard InChI is InChI=1S/C11H14FNO2/c12-9-6-4-8(5-7-9)2-1-3-10(13)11(14)15/h4-7,10H,1-3,13H2,(H,14,15)/t10-/m0/s1. The quantitative estimate of drug-likeness (QED) is 0.776. The van der Waals surface area contributed by atoms with Crippen molar-refractivity contribution in [2.75, 3.05) is 0 Å². The molecule has 1 aromatic rings. The monoisotopic (exact) mass is 211 g/mol. The van der Waals surface area contributed by atoms with Crippen LogP contribution in [-0.4, -0.2) is 17.1 Å². The van der Waals surface area contributed by atoms with E-state index in [0.29, 0.717) is 12.8 Å². The molecule has 0 amide bonds. The Balaban J connectivity index is 2.32. The summed E-state index contributed by atoms with van der Waals surface area (Å²) in [6.07, 6.45) is 1.85. The number of carboxylic acids is 1. The van der Waals surface area contributed by atoms with Crippen LogP contribution in [0.3, 0.4) is 0 Å². The Morgan fingerprint density at radius 1 is 1.40 bits per heavy atom. The predicted molar refractivity (Wildman–Crippen MR) is 54.9 cm³/mol. The second-order valence-electron chi connectivity index (χ2n) is 3.46. The first-order chi connectivity index (χ1) is 7.09. The summed E-state index contributed by atoms with van der Waals surface area (Å²) in [5.41, 5.74) is 6.34. The lowest BCUT2D eigenvalue weighted by Crippen LogP contribution is -2.29. The molecule has 1 rings (SSSR count). The summed E-state index contributed by atoms with van der Waals surface area (Å²) < 4.78 is 12.5. The van der Waals surface area contributed by atoms with E-state index < -0.39 is 12.0 Å². The normalized spacial score (nSPS) is 12.4. The summed E-state index contributed by atoms with van der Waals surface area (Å²) in [4.78, 5) is 10.4. The molecular formula is C11H14FNO2. The van der Waals surface area contributed by atoms with Gasteiger partial charge in [-0.15, -0.1) is 0 Å². The molecule has 3 nitrogen and oxygen atoms in total. The van der Waals surface area contributed by atoms with Crippen LogP contribution in [0.2, 0.25) is 0 Å². The first-order valence-electron chi connectivity index (χ1n) is 4.82. The van der Waals surface area contributed by atoms with E-state index in [1.807, 2.05) is 0 Å². The highest BCUT2D eigenvalue weighted by atomic mass is 19.1. The second-order valence-corrected chi connectivity index (χ2v) is 3.46. The predicted octanol–water partition coefficient (Wildman–Crippen LogP) is 1.56. The Kier molecular flexibility index (Phi) is 4.24. The number of nitrogens with two attached hydrogens (primary N) is 1. The van der Waals surface area contributed by atoms with E-state index in [1.165, 1.54) is 12.1 Å². The molecule has 1 aromatic carbocycles. The van der Waals surface area contributed by atoms with Gasteiger partial charge in [-0.25, -0.2) is 4.39 Å². The molecule has 0 heterocycles. The van der Waals surface area contributed by atoms with Crippen LogP contribution in [0.5, 0.6) is 0 Å². The molecule has 0 aliphatic rings. The second kappa shape index (κ2) is 5.46. The first kappa shape index (κ1) is 11.7. The van der Waals surface area contributed by atoms with Crippen molar-refractivity contribution < 1.29 is 14.3 Å². The van der Waals surface area contributed by atoms with Crippen molar-refractivity contribution in [3.63, 3.8) is 0 Å². The zero-order valence-electron chi connectivity index (χ0n) is 8.32. The molecule has 1 atom stereocenters. The number of benzene rings is 1. The van der Waals surface area contributed by atoms with Crippen LogP contribution in [0.1, 0.15) is 18.4 Å². The molecule has 0 radical (unpaired) electrons. The molecule has 4 heteroatoms. The summed E-state index contributed by atoms with van der Waals surface area (Å²) >= 11 is 0. The fraction of sp³-hybridized carbons (Fsp3) is 0.364. The van der Waals surface area contributed by atoms with Crippen molar-refractivity contribution in [1.29, 1.82) is 0 Å². The number of carboxylic acid groups (broad SMARTS) is 1. The van der Waals surface area contributed by atoms with Gasteiger partial charge in [0.1, 0.15) is 11.9 Å². The van der Waals surface area contributed by atoms with Gasteiger partial charge in [0, 0.05) is 0 Å². The van der Waals surface area contributed by atoms with Gasteiger partial charge in [-0.05, 0) is 37.0 Å². The Bertz CT molecular complexity index is 324. The number of rotatable bonds is 5. The van der Waals surface area contributed by atoms with Gasteiger partial charge in [0.15, 0.2) is 0 Å². The lowest BCUT2D eigenvalue weighted by atomic mass is 10.1. The van der Waals surface area contributed by atoms with Gasteiger partial charge in [0.2, 0.25) is 0 Å². The molecule has 0 spiro atoms. The smallest absolute Gasteiger partial charge is 0.320 e. The minimum atomic E-state index is -0.978. The molecular weight excluding hydrogens is 197 g/mol. The van der Waals surface area contributed by atoms with Crippen molar-refractivity contribution in [1.82, 2.24) is 0 Å². The lowest BCUT2D eigenvalue weighted by molar-refractivity contribution is -0.138. The summed E-state index contributed by atoms with van der Waals surface area (Å²) in [7, 11) is 0. The maximum Gasteiger partial charge on any atom is 0.320 e. The van der Waals surface area contributed by atoms with Gasteiger partial charge in [-0.2, -0.15) is 0 Å². The van der Waals surface area contributed by atoms with Crippen LogP contribution in [0.4, 0.5) is 4.39 Å². The van der Waals surface area contributed by atoms with Crippen LogP contribution < -0.4 is 5.73 Å². The van der Waals surface area contributed by atoms with Crippen molar-refractivity contribution in [3.8, 4) is 0 Å². The van der Waals surface area contributed by atoms with Gasteiger partial charge in [0.25, 0.3) is 0 Å².